The normalized spacial score (nSPS) is 26.1. The average Bonchev–Trinajstić information content (AvgIpc) is 2.92. The van der Waals surface area contributed by atoms with Gasteiger partial charge in [-0.25, -0.2) is 4.79 Å². The van der Waals surface area contributed by atoms with E-state index in [0.717, 1.165) is 24.1 Å². The smallest absolute Gasteiger partial charge is 0.329 e. The SMILES string of the molecule is CCC1CCC(NC(=O)Cc2cccs2)(C(=O)O)CC1. The van der Waals surface area contributed by atoms with E-state index < -0.39 is 11.5 Å². The minimum Gasteiger partial charge on any atom is -0.480 e. The Kier molecular flexibility index (Phi) is 4.81. The highest BCUT2D eigenvalue weighted by Gasteiger charge is 2.42. The van der Waals surface area contributed by atoms with Crippen LogP contribution in [0.3, 0.4) is 0 Å². The lowest BCUT2D eigenvalue weighted by atomic mass is 9.75. The highest BCUT2D eigenvalue weighted by atomic mass is 32.1. The van der Waals surface area contributed by atoms with Crippen LogP contribution in [0.25, 0.3) is 0 Å². The standard InChI is InChI=1S/C15H21NO3S/c1-2-11-5-7-15(8-6-11,14(18)19)16-13(17)10-12-4-3-9-20-12/h3-4,9,11H,2,5-8,10H2,1H3,(H,16,17)(H,18,19). The van der Waals surface area contributed by atoms with Crippen molar-refractivity contribution in [2.75, 3.05) is 0 Å². The monoisotopic (exact) mass is 295 g/mol. The molecule has 110 valence electrons. The summed E-state index contributed by atoms with van der Waals surface area (Å²) in [5.74, 6) is -0.493. The molecular formula is C15H21NO3S. The second-order valence-corrected chi connectivity index (χ2v) is 6.58. The summed E-state index contributed by atoms with van der Waals surface area (Å²) in [7, 11) is 0. The predicted molar refractivity (Wildman–Crippen MR) is 78.8 cm³/mol. The number of rotatable bonds is 5. The van der Waals surface area contributed by atoms with Crippen LogP contribution >= 0.6 is 11.3 Å². The highest BCUT2D eigenvalue weighted by Crippen LogP contribution is 2.34. The molecule has 5 heteroatoms. The first-order valence-electron chi connectivity index (χ1n) is 7.12. The summed E-state index contributed by atoms with van der Waals surface area (Å²) in [5.41, 5.74) is -1.06. The number of carbonyl (C=O) groups is 2. The van der Waals surface area contributed by atoms with Crippen LogP contribution in [0.4, 0.5) is 0 Å². The molecule has 0 bridgehead atoms. The number of aliphatic carboxylic acids is 1. The van der Waals surface area contributed by atoms with Crippen LogP contribution in [0.15, 0.2) is 17.5 Å². The molecule has 1 aromatic rings. The zero-order valence-electron chi connectivity index (χ0n) is 11.7. The number of thiophene rings is 1. The molecule has 2 N–H and O–H groups in total. The number of hydrogen-bond acceptors (Lipinski definition) is 3. The molecule has 0 aromatic carbocycles. The number of carboxylic acid groups (broad SMARTS) is 1. The Bertz CT molecular complexity index is 461. The molecule has 0 unspecified atom stereocenters. The number of hydrogen-bond donors (Lipinski definition) is 2. The van der Waals surface area contributed by atoms with Gasteiger partial charge < -0.3 is 10.4 Å². The summed E-state index contributed by atoms with van der Waals surface area (Å²) in [6, 6.07) is 3.79. The van der Waals surface area contributed by atoms with Gasteiger partial charge in [-0.1, -0.05) is 19.4 Å². The van der Waals surface area contributed by atoms with Gasteiger partial charge in [0, 0.05) is 4.88 Å². The first-order chi connectivity index (χ1) is 9.55. The molecule has 1 heterocycles. The molecule has 0 spiro atoms. The third kappa shape index (κ3) is 3.39. The Labute approximate surface area is 123 Å². The van der Waals surface area contributed by atoms with E-state index in [1.165, 1.54) is 11.3 Å². The average molecular weight is 295 g/mol. The topological polar surface area (TPSA) is 66.4 Å². The molecular weight excluding hydrogens is 274 g/mol. The third-order valence-electron chi connectivity index (χ3n) is 4.24. The summed E-state index contributed by atoms with van der Waals surface area (Å²) in [5, 5.41) is 14.2. The molecule has 0 atom stereocenters. The summed E-state index contributed by atoms with van der Waals surface area (Å²) >= 11 is 1.52. The number of amides is 1. The highest BCUT2D eigenvalue weighted by molar-refractivity contribution is 7.10. The Balaban J connectivity index is 1.99. The lowest BCUT2D eigenvalue weighted by molar-refractivity contribution is -0.149. The van der Waals surface area contributed by atoms with Crippen LogP contribution in [0.1, 0.15) is 43.9 Å². The van der Waals surface area contributed by atoms with Gasteiger partial charge in [0.2, 0.25) is 5.91 Å². The Morgan fingerprint density at radius 1 is 1.45 bits per heavy atom. The quantitative estimate of drug-likeness (QED) is 0.878. The van der Waals surface area contributed by atoms with E-state index in [-0.39, 0.29) is 12.3 Å². The summed E-state index contributed by atoms with van der Waals surface area (Å²) in [6.07, 6.45) is 4.18. The molecule has 1 amide bonds. The second kappa shape index (κ2) is 6.39. The number of nitrogens with one attached hydrogen (secondary N) is 1. The molecule has 0 radical (unpaired) electrons. The van der Waals surface area contributed by atoms with Crippen molar-refractivity contribution in [1.29, 1.82) is 0 Å². The van der Waals surface area contributed by atoms with E-state index >= 15 is 0 Å². The minimum atomic E-state index is -1.06. The van der Waals surface area contributed by atoms with Crippen molar-refractivity contribution in [3.63, 3.8) is 0 Å². The van der Waals surface area contributed by atoms with E-state index in [1.807, 2.05) is 17.5 Å². The van der Waals surface area contributed by atoms with Gasteiger partial charge in [0.1, 0.15) is 5.54 Å². The Hall–Kier alpha value is -1.36. The van der Waals surface area contributed by atoms with Crippen LogP contribution < -0.4 is 5.32 Å². The van der Waals surface area contributed by atoms with E-state index in [4.69, 9.17) is 0 Å². The van der Waals surface area contributed by atoms with Crippen LogP contribution in [0, 0.1) is 5.92 Å². The first-order valence-corrected chi connectivity index (χ1v) is 8.00. The summed E-state index contributed by atoms with van der Waals surface area (Å²) in [6.45, 7) is 2.13. The van der Waals surface area contributed by atoms with E-state index in [0.29, 0.717) is 18.8 Å². The Morgan fingerprint density at radius 3 is 2.65 bits per heavy atom. The maximum atomic E-state index is 12.1. The van der Waals surface area contributed by atoms with Crippen molar-refractivity contribution in [1.82, 2.24) is 5.32 Å². The molecule has 1 fully saturated rings. The van der Waals surface area contributed by atoms with Crippen LogP contribution in [-0.2, 0) is 16.0 Å². The number of carboxylic acids is 1. The molecule has 2 rings (SSSR count). The number of carbonyl (C=O) groups excluding carboxylic acids is 1. The maximum absolute atomic E-state index is 12.1. The first kappa shape index (κ1) is 15.0. The summed E-state index contributed by atoms with van der Waals surface area (Å²) < 4.78 is 0. The van der Waals surface area contributed by atoms with Crippen LogP contribution in [-0.4, -0.2) is 22.5 Å². The molecule has 4 nitrogen and oxygen atoms in total. The molecule has 1 aliphatic rings. The lowest BCUT2D eigenvalue weighted by Gasteiger charge is -2.37. The zero-order chi connectivity index (χ0) is 14.6. The van der Waals surface area contributed by atoms with Crippen molar-refractivity contribution < 1.29 is 14.7 Å². The molecule has 20 heavy (non-hydrogen) atoms. The van der Waals surface area contributed by atoms with Gasteiger partial charge in [-0.3, -0.25) is 4.79 Å². The third-order valence-corrected chi connectivity index (χ3v) is 5.12. The molecule has 1 saturated carbocycles. The molecule has 0 saturated heterocycles. The van der Waals surface area contributed by atoms with Gasteiger partial charge in [0.15, 0.2) is 0 Å². The van der Waals surface area contributed by atoms with Crippen molar-refractivity contribution in [3.8, 4) is 0 Å². The van der Waals surface area contributed by atoms with E-state index in [1.54, 1.807) is 0 Å². The fourth-order valence-corrected chi connectivity index (χ4v) is 3.56. The van der Waals surface area contributed by atoms with Gasteiger partial charge in [0.25, 0.3) is 0 Å². The van der Waals surface area contributed by atoms with Gasteiger partial charge in [-0.2, -0.15) is 0 Å². The Morgan fingerprint density at radius 2 is 2.15 bits per heavy atom. The van der Waals surface area contributed by atoms with Gasteiger partial charge >= 0.3 is 5.97 Å². The predicted octanol–water partition coefficient (Wildman–Crippen LogP) is 2.83. The molecule has 1 aliphatic carbocycles. The second-order valence-electron chi connectivity index (χ2n) is 5.54. The maximum Gasteiger partial charge on any atom is 0.329 e. The van der Waals surface area contributed by atoms with Crippen LogP contribution in [0.5, 0.6) is 0 Å². The summed E-state index contributed by atoms with van der Waals surface area (Å²) in [4.78, 5) is 24.6. The van der Waals surface area contributed by atoms with Gasteiger partial charge in [0.05, 0.1) is 6.42 Å². The van der Waals surface area contributed by atoms with Crippen molar-refractivity contribution in [2.24, 2.45) is 5.92 Å². The van der Waals surface area contributed by atoms with Gasteiger partial charge in [-0.15, -0.1) is 11.3 Å². The minimum absolute atomic E-state index is 0.190. The fraction of sp³-hybridized carbons (Fsp3) is 0.600. The van der Waals surface area contributed by atoms with Crippen molar-refractivity contribution in [2.45, 2.75) is 51.0 Å². The van der Waals surface area contributed by atoms with Crippen molar-refractivity contribution in [3.05, 3.63) is 22.4 Å². The lowest BCUT2D eigenvalue weighted by Crippen LogP contribution is -2.56. The van der Waals surface area contributed by atoms with Crippen molar-refractivity contribution >= 4 is 23.2 Å². The van der Waals surface area contributed by atoms with E-state index in [2.05, 4.69) is 12.2 Å². The van der Waals surface area contributed by atoms with E-state index in [9.17, 15) is 14.7 Å². The zero-order valence-corrected chi connectivity index (χ0v) is 12.5. The molecule has 0 aliphatic heterocycles. The fourth-order valence-electron chi connectivity index (χ4n) is 2.85. The van der Waals surface area contributed by atoms with Crippen LogP contribution in [0.2, 0.25) is 0 Å². The molecule has 1 aromatic heterocycles. The van der Waals surface area contributed by atoms with Gasteiger partial charge in [-0.05, 0) is 43.0 Å². The largest absolute Gasteiger partial charge is 0.480 e.